The lowest BCUT2D eigenvalue weighted by Gasteiger charge is -2.25. The van der Waals surface area contributed by atoms with E-state index in [9.17, 15) is 10.1 Å². The van der Waals surface area contributed by atoms with E-state index in [4.69, 9.17) is 0 Å². The number of rotatable bonds is 4. The van der Waals surface area contributed by atoms with E-state index in [1.54, 1.807) is 12.1 Å². The van der Waals surface area contributed by atoms with Crippen LogP contribution in [0.2, 0.25) is 0 Å². The fraction of sp³-hybridized carbons (Fsp3) is 0.455. The van der Waals surface area contributed by atoms with Crippen LogP contribution in [0.1, 0.15) is 19.8 Å². The summed E-state index contributed by atoms with van der Waals surface area (Å²) in [5, 5.41) is 14.6. The van der Waals surface area contributed by atoms with Gasteiger partial charge in [-0.05, 0) is 12.5 Å². The largest absolute Gasteiger partial charge is 0.299 e. The van der Waals surface area contributed by atoms with Gasteiger partial charge in [-0.15, -0.1) is 5.12 Å². The molecule has 0 aromatic heterocycles. The highest BCUT2D eigenvalue weighted by atomic mass is 16.6. The molecule has 0 spiro atoms. The quantitative estimate of drug-likeness (QED) is 0.642. The number of nitro groups is 1. The van der Waals surface area contributed by atoms with Crippen LogP contribution >= 0.6 is 0 Å². The molecule has 2 rings (SSSR count). The van der Waals surface area contributed by atoms with Crippen LogP contribution in [0.15, 0.2) is 18.2 Å². The topological polar surface area (TPSA) is 61.6 Å². The minimum atomic E-state index is -0.364. The first-order valence-corrected chi connectivity index (χ1v) is 5.69. The summed E-state index contributed by atoms with van der Waals surface area (Å²) in [5.74, 6) is 0. The van der Waals surface area contributed by atoms with Crippen molar-refractivity contribution in [3.63, 3.8) is 0 Å². The first-order chi connectivity index (χ1) is 8.13. The summed E-state index contributed by atoms with van der Waals surface area (Å²) in [6, 6.07) is 4.88. The number of fused-ring (bicyclic) bond motifs is 1. The van der Waals surface area contributed by atoms with Crippen LogP contribution < -0.4 is 10.4 Å². The fourth-order valence-electron chi connectivity index (χ4n) is 1.92. The number of nitrogens with zero attached hydrogens (tertiary/aromatic N) is 3. The minimum Gasteiger partial charge on any atom is -0.299 e. The van der Waals surface area contributed by atoms with Gasteiger partial charge in [0, 0.05) is 25.7 Å². The molecule has 17 heavy (non-hydrogen) atoms. The molecule has 0 fully saturated rings. The van der Waals surface area contributed by atoms with Crippen LogP contribution in [0.5, 0.6) is 0 Å². The predicted molar refractivity (Wildman–Crippen MR) is 66.7 cm³/mol. The van der Waals surface area contributed by atoms with Crippen LogP contribution in [-0.4, -0.2) is 23.6 Å². The molecule has 1 aromatic rings. The number of nitrogens with one attached hydrogen (secondary N) is 1. The van der Waals surface area contributed by atoms with Gasteiger partial charge in [-0.25, -0.2) is 0 Å². The molecule has 6 nitrogen and oxygen atoms in total. The Kier molecular flexibility index (Phi) is 3.14. The smallest absolute Gasteiger partial charge is 0.271 e. The van der Waals surface area contributed by atoms with Crippen LogP contribution in [0.25, 0.3) is 0 Å². The SMILES string of the molecule is CCCCN1c2cc([N+](=O)[O-])ccc2NN1C. The van der Waals surface area contributed by atoms with Crippen molar-refractivity contribution in [3.05, 3.63) is 28.3 Å². The van der Waals surface area contributed by atoms with Crippen molar-refractivity contribution in [1.82, 2.24) is 5.12 Å². The third-order valence-corrected chi connectivity index (χ3v) is 2.84. The molecule has 1 aromatic carbocycles. The molecular weight excluding hydrogens is 220 g/mol. The molecule has 1 heterocycles. The number of hydrazine groups is 2. The molecule has 1 aliphatic rings. The zero-order valence-corrected chi connectivity index (χ0v) is 10.0. The molecule has 0 bridgehead atoms. The first-order valence-electron chi connectivity index (χ1n) is 5.69. The average molecular weight is 236 g/mol. The molecule has 6 heteroatoms. The third-order valence-electron chi connectivity index (χ3n) is 2.84. The summed E-state index contributed by atoms with van der Waals surface area (Å²) in [7, 11) is 1.90. The molecule has 0 saturated carbocycles. The van der Waals surface area contributed by atoms with E-state index in [1.165, 1.54) is 6.07 Å². The van der Waals surface area contributed by atoms with Gasteiger partial charge in [-0.2, -0.15) is 0 Å². The van der Waals surface area contributed by atoms with Crippen molar-refractivity contribution in [2.75, 3.05) is 24.0 Å². The van der Waals surface area contributed by atoms with Crippen LogP contribution in [0, 0.1) is 10.1 Å². The highest BCUT2D eigenvalue weighted by molar-refractivity contribution is 5.75. The normalized spacial score (nSPS) is 14.6. The Hall–Kier alpha value is -1.82. The van der Waals surface area contributed by atoms with Crippen molar-refractivity contribution in [2.45, 2.75) is 19.8 Å². The average Bonchev–Trinajstić information content (AvgIpc) is 2.61. The Labute approximate surface area is 99.9 Å². The standard InChI is InChI=1S/C11H16N4O2/c1-3-4-7-14-11-8-9(15(16)17)5-6-10(11)12-13(14)2/h5-6,8,12H,3-4,7H2,1-2H3. The van der Waals surface area contributed by atoms with E-state index in [0.717, 1.165) is 30.8 Å². The number of non-ortho nitro benzene ring substituents is 1. The molecular formula is C11H16N4O2. The second-order valence-corrected chi connectivity index (χ2v) is 4.07. The lowest BCUT2D eigenvalue weighted by Crippen LogP contribution is -2.38. The second-order valence-electron chi connectivity index (χ2n) is 4.07. The predicted octanol–water partition coefficient (Wildman–Crippen LogP) is 2.39. The van der Waals surface area contributed by atoms with E-state index < -0.39 is 0 Å². The van der Waals surface area contributed by atoms with Gasteiger partial charge in [0.25, 0.3) is 5.69 Å². The Balaban J connectivity index is 2.29. The highest BCUT2D eigenvalue weighted by Gasteiger charge is 2.25. The Bertz CT molecular complexity index is 435. The summed E-state index contributed by atoms with van der Waals surface area (Å²) in [6.07, 6.45) is 2.14. The Morgan fingerprint density at radius 2 is 2.24 bits per heavy atom. The van der Waals surface area contributed by atoms with Crippen molar-refractivity contribution in [2.24, 2.45) is 0 Å². The summed E-state index contributed by atoms with van der Waals surface area (Å²) >= 11 is 0. The number of benzene rings is 1. The van der Waals surface area contributed by atoms with Gasteiger partial charge < -0.3 is 0 Å². The van der Waals surface area contributed by atoms with Gasteiger partial charge in [0.05, 0.1) is 16.3 Å². The van der Waals surface area contributed by atoms with Crippen molar-refractivity contribution in [3.8, 4) is 0 Å². The lowest BCUT2D eigenvalue weighted by molar-refractivity contribution is -0.384. The molecule has 1 N–H and O–H groups in total. The third kappa shape index (κ3) is 2.16. The Morgan fingerprint density at radius 1 is 1.47 bits per heavy atom. The molecule has 0 amide bonds. The molecule has 0 aliphatic carbocycles. The zero-order chi connectivity index (χ0) is 12.4. The van der Waals surface area contributed by atoms with Crippen LogP contribution in [0.4, 0.5) is 17.1 Å². The van der Waals surface area contributed by atoms with Gasteiger partial charge in [0.2, 0.25) is 0 Å². The van der Waals surface area contributed by atoms with Gasteiger partial charge >= 0.3 is 0 Å². The van der Waals surface area contributed by atoms with Crippen molar-refractivity contribution < 1.29 is 4.92 Å². The van der Waals surface area contributed by atoms with Crippen molar-refractivity contribution >= 4 is 17.1 Å². The monoisotopic (exact) mass is 236 g/mol. The van der Waals surface area contributed by atoms with E-state index in [1.807, 2.05) is 17.2 Å². The number of unbranched alkanes of at least 4 members (excludes halogenated alkanes) is 1. The maximum absolute atomic E-state index is 10.8. The molecule has 92 valence electrons. The number of anilines is 2. The lowest BCUT2D eigenvalue weighted by atomic mass is 10.2. The second kappa shape index (κ2) is 4.58. The van der Waals surface area contributed by atoms with Gasteiger partial charge in [0.15, 0.2) is 0 Å². The first kappa shape index (κ1) is 11.7. The van der Waals surface area contributed by atoms with Crippen LogP contribution in [0.3, 0.4) is 0 Å². The van der Waals surface area contributed by atoms with Crippen LogP contribution in [-0.2, 0) is 0 Å². The van der Waals surface area contributed by atoms with E-state index in [-0.39, 0.29) is 10.6 Å². The summed E-state index contributed by atoms with van der Waals surface area (Å²) < 4.78 is 0. The number of hydrogen-bond acceptors (Lipinski definition) is 5. The molecule has 0 radical (unpaired) electrons. The summed E-state index contributed by atoms with van der Waals surface area (Å²) in [6.45, 7) is 2.98. The molecule has 0 atom stereocenters. The van der Waals surface area contributed by atoms with Gasteiger partial charge in [-0.1, -0.05) is 13.3 Å². The molecule has 1 aliphatic heterocycles. The maximum Gasteiger partial charge on any atom is 0.271 e. The number of hydrogen-bond donors (Lipinski definition) is 1. The zero-order valence-electron chi connectivity index (χ0n) is 10.0. The van der Waals surface area contributed by atoms with Gasteiger partial charge in [0.1, 0.15) is 0 Å². The molecule has 0 saturated heterocycles. The highest BCUT2D eigenvalue weighted by Crippen LogP contribution is 2.35. The van der Waals surface area contributed by atoms with Crippen molar-refractivity contribution in [1.29, 1.82) is 0 Å². The van der Waals surface area contributed by atoms with E-state index in [2.05, 4.69) is 12.3 Å². The number of nitro benzene ring substituents is 1. The summed E-state index contributed by atoms with van der Waals surface area (Å²) in [5.41, 5.74) is 5.07. The Morgan fingerprint density at radius 3 is 2.88 bits per heavy atom. The maximum atomic E-state index is 10.8. The minimum absolute atomic E-state index is 0.127. The van der Waals surface area contributed by atoms with Gasteiger partial charge in [-0.3, -0.25) is 20.5 Å². The molecule has 0 unspecified atom stereocenters. The fourth-order valence-corrected chi connectivity index (χ4v) is 1.92. The van der Waals surface area contributed by atoms with E-state index in [0.29, 0.717) is 0 Å². The van der Waals surface area contributed by atoms with E-state index >= 15 is 0 Å². The summed E-state index contributed by atoms with van der Waals surface area (Å²) in [4.78, 5) is 10.4.